The van der Waals surface area contributed by atoms with Crippen LogP contribution in [0.4, 0.5) is 0 Å². The molecular formula is C14H22BrN5O3. The maximum absolute atomic E-state index is 12.1. The zero-order valence-electron chi connectivity index (χ0n) is 13.6. The van der Waals surface area contributed by atoms with Crippen LogP contribution < -0.4 is 16.8 Å². The van der Waals surface area contributed by atoms with E-state index in [1.54, 1.807) is 6.92 Å². The molecule has 0 spiro atoms. The molecule has 0 radical (unpaired) electrons. The summed E-state index contributed by atoms with van der Waals surface area (Å²) >= 11 is 3.20. The van der Waals surface area contributed by atoms with Crippen LogP contribution in [-0.2, 0) is 9.59 Å². The van der Waals surface area contributed by atoms with Gasteiger partial charge in [0.05, 0.1) is 0 Å². The van der Waals surface area contributed by atoms with Crippen LogP contribution in [0.2, 0.25) is 0 Å². The molecule has 1 heterocycles. The lowest BCUT2D eigenvalue weighted by Gasteiger charge is -2.33. The summed E-state index contributed by atoms with van der Waals surface area (Å²) in [6.07, 6.45) is 2.06. The highest BCUT2D eigenvalue weighted by Gasteiger charge is 2.36. The van der Waals surface area contributed by atoms with E-state index < -0.39 is 12.0 Å². The molecular weight excluding hydrogens is 366 g/mol. The predicted octanol–water partition coefficient (Wildman–Crippen LogP) is 0.801. The third-order valence-corrected chi connectivity index (χ3v) is 4.30. The lowest BCUT2D eigenvalue weighted by Crippen LogP contribution is -2.51. The van der Waals surface area contributed by atoms with Gasteiger partial charge < -0.3 is 26.8 Å². The second kappa shape index (κ2) is 7.03. The summed E-state index contributed by atoms with van der Waals surface area (Å²) in [6, 6.07) is -1.24. The molecule has 1 rings (SSSR count). The van der Waals surface area contributed by atoms with E-state index in [9.17, 15) is 14.7 Å². The molecule has 1 amide bonds. The maximum Gasteiger partial charge on any atom is 0.334 e. The van der Waals surface area contributed by atoms with Crippen molar-refractivity contribution in [1.29, 1.82) is 0 Å². The molecule has 0 saturated carbocycles. The quantitative estimate of drug-likeness (QED) is 0.407. The number of aliphatic carboxylic acids is 1. The van der Waals surface area contributed by atoms with Crippen molar-refractivity contribution in [2.45, 2.75) is 45.7 Å². The van der Waals surface area contributed by atoms with Gasteiger partial charge in [-0.3, -0.25) is 4.79 Å². The van der Waals surface area contributed by atoms with Gasteiger partial charge in [0, 0.05) is 17.3 Å². The summed E-state index contributed by atoms with van der Waals surface area (Å²) in [5, 5.41) is 12.2. The van der Waals surface area contributed by atoms with Crippen LogP contribution in [0.3, 0.4) is 0 Å². The number of hydrogen-bond acceptors (Lipinski definition) is 6. The second-order valence-electron chi connectivity index (χ2n) is 5.84. The zero-order valence-corrected chi connectivity index (χ0v) is 15.1. The van der Waals surface area contributed by atoms with Crippen molar-refractivity contribution in [3.63, 3.8) is 0 Å². The van der Waals surface area contributed by atoms with Crippen LogP contribution in [0.15, 0.2) is 27.2 Å². The van der Waals surface area contributed by atoms with Crippen molar-refractivity contribution >= 4 is 33.6 Å². The monoisotopic (exact) mass is 387 g/mol. The molecule has 128 valence electrons. The first-order chi connectivity index (χ1) is 10.5. The summed E-state index contributed by atoms with van der Waals surface area (Å²) in [6.45, 7) is 7.35. The molecule has 0 aliphatic carbocycles. The average molecular weight is 388 g/mol. The molecule has 6 N–H and O–H groups in total. The largest absolute Gasteiger partial charge is 0.479 e. The Morgan fingerprint density at radius 1 is 1.48 bits per heavy atom. The van der Waals surface area contributed by atoms with E-state index in [0.29, 0.717) is 5.70 Å². The van der Waals surface area contributed by atoms with Gasteiger partial charge in [-0.1, -0.05) is 6.92 Å². The number of nitrogens with zero attached hydrogens (tertiary/aromatic N) is 2. The number of carbonyl (C=O) groups is 2. The molecule has 0 aromatic carbocycles. The first-order valence-corrected chi connectivity index (χ1v) is 7.81. The molecule has 0 bridgehead atoms. The molecule has 0 fully saturated rings. The number of aliphatic imine (C=N–C) groups is 1. The number of nitrogens with one attached hydrogen (secondary N) is 1. The number of carboxylic acids is 1. The molecule has 1 aliphatic heterocycles. The second-order valence-corrected chi connectivity index (χ2v) is 6.59. The van der Waals surface area contributed by atoms with Crippen LogP contribution in [0.5, 0.6) is 0 Å². The molecule has 1 aliphatic rings. The molecule has 0 saturated heterocycles. The third-order valence-electron chi connectivity index (χ3n) is 3.51. The molecule has 8 nitrogen and oxygen atoms in total. The van der Waals surface area contributed by atoms with E-state index in [1.165, 1.54) is 11.0 Å². The molecule has 1 atom stereocenters. The number of carboxylic acid groups (broad SMARTS) is 1. The lowest BCUT2D eigenvalue weighted by atomic mass is 10.0. The van der Waals surface area contributed by atoms with E-state index in [0.717, 1.165) is 6.42 Å². The first kappa shape index (κ1) is 19.0. The van der Waals surface area contributed by atoms with Gasteiger partial charge in [-0.2, -0.15) is 0 Å². The summed E-state index contributed by atoms with van der Waals surface area (Å²) in [4.78, 5) is 28.7. The lowest BCUT2D eigenvalue weighted by molar-refractivity contribution is -0.139. The van der Waals surface area contributed by atoms with Gasteiger partial charge >= 0.3 is 5.97 Å². The highest BCUT2D eigenvalue weighted by Crippen LogP contribution is 2.28. The van der Waals surface area contributed by atoms with Crippen LogP contribution in [0.1, 0.15) is 34.1 Å². The van der Waals surface area contributed by atoms with E-state index >= 15 is 0 Å². The number of nitrogens with two attached hydrogens (primary N) is 2. The number of carbonyl (C=O) groups excluding carboxylic acids is 1. The van der Waals surface area contributed by atoms with Crippen molar-refractivity contribution in [1.82, 2.24) is 10.2 Å². The molecule has 1 unspecified atom stereocenters. The van der Waals surface area contributed by atoms with Crippen LogP contribution in [-0.4, -0.2) is 39.3 Å². The Labute approximate surface area is 143 Å². The smallest absolute Gasteiger partial charge is 0.334 e. The summed E-state index contributed by atoms with van der Waals surface area (Å²) in [5.74, 6) is -1.64. The number of amides is 1. The Kier molecular flexibility index (Phi) is 5.81. The van der Waals surface area contributed by atoms with Crippen molar-refractivity contribution in [2.75, 3.05) is 0 Å². The van der Waals surface area contributed by atoms with Gasteiger partial charge in [-0.15, -0.1) is 0 Å². The maximum atomic E-state index is 12.1. The highest BCUT2D eigenvalue weighted by atomic mass is 79.9. The van der Waals surface area contributed by atoms with Crippen LogP contribution >= 0.6 is 15.9 Å². The Balaban J connectivity index is 3.15. The van der Waals surface area contributed by atoms with Crippen molar-refractivity contribution in [3.8, 4) is 0 Å². The molecule has 0 aromatic rings. The third kappa shape index (κ3) is 4.47. The van der Waals surface area contributed by atoms with Gasteiger partial charge in [-0.25, -0.2) is 9.79 Å². The van der Waals surface area contributed by atoms with Crippen LogP contribution in [0, 0.1) is 0 Å². The van der Waals surface area contributed by atoms with E-state index in [-0.39, 0.29) is 27.7 Å². The van der Waals surface area contributed by atoms with Gasteiger partial charge in [0.15, 0.2) is 11.9 Å². The fourth-order valence-corrected chi connectivity index (χ4v) is 2.50. The Morgan fingerprint density at radius 3 is 2.52 bits per heavy atom. The predicted molar refractivity (Wildman–Crippen MR) is 91.3 cm³/mol. The zero-order chi connectivity index (χ0) is 17.9. The minimum Gasteiger partial charge on any atom is -0.479 e. The van der Waals surface area contributed by atoms with E-state index in [1.807, 2.05) is 20.8 Å². The number of amidine groups is 1. The minimum atomic E-state index is -1.24. The van der Waals surface area contributed by atoms with E-state index in [2.05, 4.69) is 26.2 Å². The number of allylic oxidation sites excluding steroid dienone is 1. The van der Waals surface area contributed by atoms with Crippen molar-refractivity contribution in [2.24, 2.45) is 16.5 Å². The summed E-state index contributed by atoms with van der Waals surface area (Å²) in [5.41, 5.74) is 11.4. The standard InChI is InChI=1S/C14H22BrN5O3/c1-5-14(3,4)19-8(21)6-7(2)20-9(13(22)23)11(16)18-12(17)10(20)15/h6,9H,5,17H2,1-4H3,(H2,16,18)(H,19,21)(H,22,23). The van der Waals surface area contributed by atoms with Crippen LogP contribution in [0.25, 0.3) is 0 Å². The topological polar surface area (TPSA) is 134 Å². The van der Waals surface area contributed by atoms with Gasteiger partial charge in [0.25, 0.3) is 0 Å². The fourth-order valence-electron chi connectivity index (χ4n) is 1.93. The molecule has 23 heavy (non-hydrogen) atoms. The number of rotatable bonds is 5. The number of hydrogen-bond donors (Lipinski definition) is 4. The number of halogens is 1. The van der Waals surface area contributed by atoms with Crippen molar-refractivity contribution in [3.05, 3.63) is 22.2 Å². The van der Waals surface area contributed by atoms with Crippen molar-refractivity contribution < 1.29 is 14.7 Å². The normalized spacial score (nSPS) is 19.5. The Hall–Kier alpha value is -2.03. The average Bonchev–Trinajstić information content (AvgIpc) is 2.40. The minimum absolute atomic E-state index is 0.0436. The van der Waals surface area contributed by atoms with E-state index in [4.69, 9.17) is 11.5 Å². The Morgan fingerprint density at radius 2 is 2.04 bits per heavy atom. The molecule has 0 aromatic heterocycles. The van der Waals surface area contributed by atoms with Gasteiger partial charge in [0.1, 0.15) is 10.4 Å². The summed E-state index contributed by atoms with van der Waals surface area (Å²) < 4.78 is 0.246. The highest BCUT2D eigenvalue weighted by molar-refractivity contribution is 9.11. The Bertz CT molecular complexity index is 610. The summed E-state index contributed by atoms with van der Waals surface area (Å²) in [7, 11) is 0. The molecule has 9 heteroatoms. The first-order valence-electron chi connectivity index (χ1n) is 7.02. The van der Waals surface area contributed by atoms with Gasteiger partial charge in [-0.05, 0) is 43.1 Å². The van der Waals surface area contributed by atoms with Gasteiger partial charge in [0.2, 0.25) is 5.91 Å². The fraction of sp³-hybridized carbons (Fsp3) is 0.500. The SMILES string of the molecule is CCC(C)(C)NC(=O)C=C(C)N1C(Br)=C(N)N=C(N)C1C(=O)O.